The van der Waals surface area contributed by atoms with Gasteiger partial charge in [0, 0.05) is 31.0 Å². The first kappa shape index (κ1) is 15.0. The molecule has 5 heteroatoms. The molecule has 112 valence electrons. The van der Waals surface area contributed by atoms with Crippen molar-refractivity contribution in [1.82, 2.24) is 20.2 Å². The molecule has 20 heavy (non-hydrogen) atoms. The number of imidazole rings is 1. The number of nitrogens with zero attached hydrogens (tertiary/aromatic N) is 2. The van der Waals surface area contributed by atoms with Crippen LogP contribution in [0.3, 0.4) is 0 Å². The Morgan fingerprint density at radius 2 is 2.10 bits per heavy atom. The summed E-state index contributed by atoms with van der Waals surface area (Å²) >= 11 is 0. The summed E-state index contributed by atoms with van der Waals surface area (Å²) in [5.41, 5.74) is 0. The lowest BCUT2D eigenvalue weighted by Gasteiger charge is -2.26. The zero-order chi connectivity index (χ0) is 14.4. The third kappa shape index (κ3) is 4.63. The molecular weight excluding hydrogens is 252 g/mol. The van der Waals surface area contributed by atoms with Gasteiger partial charge in [-0.15, -0.1) is 0 Å². The quantitative estimate of drug-likeness (QED) is 0.832. The molecule has 0 saturated heterocycles. The van der Waals surface area contributed by atoms with E-state index in [4.69, 9.17) is 0 Å². The van der Waals surface area contributed by atoms with E-state index in [1.807, 2.05) is 17.7 Å². The summed E-state index contributed by atoms with van der Waals surface area (Å²) in [6.45, 7) is 4.84. The van der Waals surface area contributed by atoms with Crippen LogP contribution in [-0.4, -0.2) is 33.6 Å². The highest BCUT2D eigenvalue weighted by Crippen LogP contribution is 2.17. The lowest BCUT2D eigenvalue weighted by molar-refractivity contribution is -0.123. The van der Waals surface area contributed by atoms with Gasteiger partial charge >= 0.3 is 0 Å². The molecule has 1 aromatic heterocycles. The molecule has 1 amide bonds. The van der Waals surface area contributed by atoms with E-state index in [9.17, 15) is 4.79 Å². The summed E-state index contributed by atoms with van der Waals surface area (Å²) < 4.78 is 2.02. The molecular formula is C15H26N4O. The van der Waals surface area contributed by atoms with E-state index in [0.29, 0.717) is 6.04 Å². The smallest absolute Gasteiger partial charge is 0.237 e. The molecule has 0 bridgehead atoms. The van der Waals surface area contributed by atoms with Crippen molar-refractivity contribution in [3.63, 3.8) is 0 Å². The van der Waals surface area contributed by atoms with E-state index in [-0.39, 0.29) is 18.0 Å². The minimum Gasteiger partial charge on any atom is -0.352 e. The van der Waals surface area contributed by atoms with Gasteiger partial charge in [0.15, 0.2) is 0 Å². The minimum absolute atomic E-state index is 0.120. The maximum atomic E-state index is 12.2. The first-order chi connectivity index (χ1) is 9.65. The highest BCUT2D eigenvalue weighted by atomic mass is 16.2. The van der Waals surface area contributed by atoms with Gasteiger partial charge in [-0.05, 0) is 26.7 Å². The van der Waals surface area contributed by atoms with Crippen LogP contribution in [0.15, 0.2) is 18.7 Å². The number of hydrogen-bond donors (Lipinski definition) is 2. The molecule has 1 aliphatic carbocycles. The molecule has 0 aliphatic heterocycles. The van der Waals surface area contributed by atoms with Crippen molar-refractivity contribution < 1.29 is 4.79 Å². The van der Waals surface area contributed by atoms with Gasteiger partial charge in [0.05, 0.1) is 12.4 Å². The number of rotatable bonds is 6. The summed E-state index contributed by atoms with van der Waals surface area (Å²) in [6, 6.07) is 0.455. The van der Waals surface area contributed by atoms with Gasteiger partial charge in [-0.3, -0.25) is 4.79 Å². The summed E-state index contributed by atoms with van der Waals surface area (Å²) in [4.78, 5) is 16.2. The number of nitrogens with one attached hydrogen (secondary N) is 2. The fraction of sp³-hybridized carbons (Fsp3) is 0.733. The van der Waals surface area contributed by atoms with Gasteiger partial charge in [-0.1, -0.05) is 19.3 Å². The van der Waals surface area contributed by atoms with E-state index in [1.165, 1.54) is 19.3 Å². The average Bonchev–Trinajstić information content (AvgIpc) is 2.92. The van der Waals surface area contributed by atoms with Crippen molar-refractivity contribution in [2.75, 3.05) is 0 Å². The lowest BCUT2D eigenvalue weighted by atomic mass is 9.95. The van der Waals surface area contributed by atoms with Crippen molar-refractivity contribution in [3.8, 4) is 0 Å². The Bertz CT molecular complexity index is 398. The Kier molecular flexibility index (Phi) is 5.59. The number of amides is 1. The maximum absolute atomic E-state index is 12.2. The normalized spacial score (nSPS) is 19.5. The first-order valence-electron chi connectivity index (χ1n) is 7.67. The van der Waals surface area contributed by atoms with Crippen LogP contribution < -0.4 is 10.6 Å². The summed E-state index contributed by atoms with van der Waals surface area (Å²) in [7, 11) is 0. The Morgan fingerprint density at radius 3 is 2.75 bits per heavy atom. The van der Waals surface area contributed by atoms with E-state index in [2.05, 4.69) is 22.5 Å². The van der Waals surface area contributed by atoms with Crippen molar-refractivity contribution in [2.45, 2.75) is 70.6 Å². The topological polar surface area (TPSA) is 59.0 Å². The molecule has 2 atom stereocenters. The van der Waals surface area contributed by atoms with E-state index in [1.54, 1.807) is 12.5 Å². The number of aromatic nitrogens is 2. The molecule has 0 aromatic carbocycles. The van der Waals surface area contributed by atoms with Crippen LogP contribution in [-0.2, 0) is 11.3 Å². The summed E-state index contributed by atoms with van der Waals surface area (Å²) in [5.74, 6) is 0.120. The Balaban J connectivity index is 1.72. The van der Waals surface area contributed by atoms with Gasteiger partial charge in [0.2, 0.25) is 5.91 Å². The first-order valence-corrected chi connectivity index (χ1v) is 7.67. The van der Waals surface area contributed by atoms with Crippen LogP contribution in [0.1, 0.15) is 46.0 Å². The SMILES string of the molecule is CC(Cn1ccnc1)NC(C)C(=O)NC1CCCCC1. The van der Waals surface area contributed by atoms with Crippen LogP contribution in [0, 0.1) is 0 Å². The van der Waals surface area contributed by atoms with Gasteiger partial charge < -0.3 is 15.2 Å². The van der Waals surface area contributed by atoms with Crippen LogP contribution in [0.5, 0.6) is 0 Å². The van der Waals surface area contributed by atoms with Crippen molar-refractivity contribution >= 4 is 5.91 Å². The van der Waals surface area contributed by atoms with Crippen molar-refractivity contribution in [3.05, 3.63) is 18.7 Å². The van der Waals surface area contributed by atoms with Gasteiger partial charge in [0.1, 0.15) is 0 Å². The second kappa shape index (κ2) is 7.43. The van der Waals surface area contributed by atoms with Crippen LogP contribution in [0.4, 0.5) is 0 Å². The van der Waals surface area contributed by atoms with E-state index in [0.717, 1.165) is 19.4 Å². The third-order valence-corrected chi connectivity index (χ3v) is 3.92. The molecule has 1 aromatic rings. The Hall–Kier alpha value is -1.36. The second-order valence-corrected chi connectivity index (χ2v) is 5.89. The molecule has 1 saturated carbocycles. The number of carbonyl (C=O) groups excluding carboxylic acids is 1. The summed E-state index contributed by atoms with van der Waals surface area (Å²) in [6.07, 6.45) is 11.5. The molecule has 2 rings (SSSR count). The van der Waals surface area contributed by atoms with Crippen molar-refractivity contribution in [1.29, 1.82) is 0 Å². The summed E-state index contributed by atoms with van der Waals surface area (Å²) in [5, 5.41) is 6.51. The van der Waals surface area contributed by atoms with Gasteiger partial charge in [0.25, 0.3) is 0 Å². The molecule has 2 N–H and O–H groups in total. The van der Waals surface area contributed by atoms with Crippen LogP contribution in [0.2, 0.25) is 0 Å². The van der Waals surface area contributed by atoms with Gasteiger partial charge in [-0.2, -0.15) is 0 Å². The van der Waals surface area contributed by atoms with Crippen LogP contribution >= 0.6 is 0 Å². The average molecular weight is 278 g/mol. The standard InChI is InChI=1S/C15H26N4O/c1-12(10-19-9-8-16-11-19)17-13(2)15(20)18-14-6-4-3-5-7-14/h8-9,11-14,17H,3-7,10H2,1-2H3,(H,18,20). The lowest BCUT2D eigenvalue weighted by Crippen LogP contribution is -2.49. The fourth-order valence-electron chi connectivity index (χ4n) is 2.84. The zero-order valence-corrected chi connectivity index (χ0v) is 12.5. The Labute approximate surface area is 121 Å². The third-order valence-electron chi connectivity index (χ3n) is 3.92. The molecule has 0 spiro atoms. The molecule has 1 heterocycles. The predicted octanol–water partition coefficient (Wildman–Crippen LogP) is 1.70. The van der Waals surface area contributed by atoms with E-state index < -0.39 is 0 Å². The largest absolute Gasteiger partial charge is 0.352 e. The highest BCUT2D eigenvalue weighted by Gasteiger charge is 2.20. The Morgan fingerprint density at radius 1 is 1.35 bits per heavy atom. The van der Waals surface area contributed by atoms with E-state index >= 15 is 0 Å². The second-order valence-electron chi connectivity index (χ2n) is 5.89. The molecule has 0 radical (unpaired) electrons. The molecule has 2 unspecified atom stereocenters. The number of hydrogen-bond acceptors (Lipinski definition) is 3. The fourth-order valence-corrected chi connectivity index (χ4v) is 2.84. The monoisotopic (exact) mass is 278 g/mol. The van der Waals surface area contributed by atoms with Crippen LogP contribution in [0.25, 0.3) is 0 Å². The minimum atomic E-state index is -0.157. The molecule has 1 fully saturated rings. The highest BCUT2D eigenvalue weighted by molar-refractivity contribution is 5.81. The van der Waals surface area contributed by atoms with Crippen molar-refractivity contribution in [2.24, 2.45) is 0 Å². The maximum Gasteiger partial charge on any atom is 0.237 e. The zero-order valence-electron chi connectivity index (χ0n) is 12.5. The predicted molar refractivity (Wildman–Crippen MR) is 79.3 cm³/mol. The number of carbonyl (C=O) groups is 1. The molecule has 5 nitrogen and oxygen atoms in total. The van der Waals surface area contributed by atoms with Gasteiger partial charge in [-0.25, -0.2) is 4.98 Å². The molecule has 1 aliphatic rings.